The van der Waals surface area contributed by atoms with Gasteiger partial charge in [0.2, 0.25) is 0 Å². The van der Waals surface area contributed by atoms with E-state index < -0.39 is 0 Å². The summed E-state index contributed by atoms with van der Waals surface area (Å²) in [6, 6.07) is 2.13. The minimum Gasteiger partial charge on any atom is -0.144 e. The molecular weight excluding hydrogens is 188 g/mol. The van der Waals surface area contributed by atoms with Crippen LogP contribution < -0.4 is 0 Å². The second-order valence-corrected chi connectivity index (χ2v) is 4.23. The number of allylic oxidation sites excluding steroid dienone is 2. The summed E-state index contributed by atoms with van der Waals surface area (Å²) in [5.74, 6) is 0.615. The largest absolute Gasteiger partial charge is 0.144 e. The average Bonchev–Trinajstić information content (AvgIpc) is 2.38. The fourth-order valence-electron chi connectivity index (χ4n) is 1.10. The van der Waals surface area contributed by atoms with Gasteiger partial charge in [-0.2, -0.15) is 0 Å². The van der Waals surface area contributed by atoms with Crippen LogP contribution in [0, 0.1) is 6.92 Å². The lowest BCUT2D eigenvalue weighted by Gasteiger charge is -2.04. The maximum Gasteiger partial charge on any atom is 0.0487 e. The Bertz CT molecular complexity index is 293. The predicted octanol–water partition coefficient (Wildman–Crippen LogP) is 4.09. The van der Waals surface area contributed by atoms with Crippen molar-refractivity contribution in [3.63, 3.8) is 0 Å². The van der Waals surface area contributed by atoms with Gasteiger partial charge < -0.3 is 0 Å². The van der Waals surface area contributed by atoms with Crippen LogP contribution in [0.2, 0.25) is 0 Å². The van der Waals surface area contributed by atoms with Gasteiger partial charge in [-0.3, -0.25) is 0 Å². The van der Waals surface area contributed by atoms with Gasteiger partial charge >= 0.3 is 0 Å². The van der Waals surface area contributed by atoms with Gasteiger partial charge in [-0.1, -0.05) is 5.57 Å². The third-order valence-electron chi connectivity index (χ3n) is 1.87. The third-order valence-corrected chi connectivity index (χ3v) is 3.22. The van der Waals surface area contributed by atoms with Crippen molar-refractivity contribution < 1.29 is 0 Å². The summed E-state index contributed by atoms with van der Waals surface area (Å²) in [5, 5.41) is 2.11. The van der Waals surface area contributed by atoms with Crippen molar-refractivity contribution in [3.8, 4) is 0 Å². The zero-order valence-corrected chi connectivity index (χ0v) is 9.22. The first-order chi connectivity index (χ1) is 5.66. The zero-order chi connectivity index (χ0) is 9.14. The molecule has 0 atom stereocenters. The van der Waals surface area contributed by atoms with Crippen molar-refractivity contribution in [3.05, 3.63) is 27.5 Å². The summed E-state index contributed by atoms with van der Waals surface area (Å²) < 4.78 is 0. The lowest BCUT2D eigenvalue weighted by molar-refractivity contribution is 1.37. The van der Waals surface area contributed by atoms with Crippen LogP contribution in [0.1, 0.15) is 24.3 Å². The van der Waals surface area contributed by atoms with Crippen molar-refractivity contribution in [2.75, 3.05) is 5.88 Å². The molecule has 0 radical (unpaired) electrons. The topological polar surface area (TPSA) is 0 Å². The first kappa shape index (κ1) is 9.82. The van der Waals surface area contributed by atoms with Crippen LogP contribution in [0.4, 0.5) is 0 Å². The van der Waals surface area contributed by atoms with Gasteiger partial charge in [-0.05, 0) is 43.4 Å². The molecular formula is C10H13ClS. The second kappa shape index (κ2) is 4.11. The summed E-state index contributed by atoms with van der Waals surface area (Å²) in [4.78, 5) is 1.34. The minimum absolute atomic E-state index is 0.615. The highest BCUT2D eigenvalue weighted by molar-refractivity contribution is 7.11. The van der Waals surface area contributed by atoms with Gasteiger partial charge in [-0.25, -0.2) is 0 Å². The SMILES string of the molecule is CC(C)=C(CCl)c1sccc1C. The van der Waals surface area contributed by atoms with E-state index in [0.29, 0.717) is 5.88 Å². The first-order valence-electron chi connectivity index (χ1n) is 3.93. The molecule has 1 aromatic heterocycles. The molecule has 0 bridgehead atoms. The molecule has 2 heteroatoms. The Labute approximate surface area is 82.9 Å². The number of hydrogen-bond acceptors (Lipinski definition) is 1. The number of halogens is 1. The molecule has 1 aromatic rings. The maximum absolute atomic E-state index is 5.87. The van der Waals surface area contributed by atoms with Crippen LogP contribution in [-0.2, 0) is 0 Å². The lowest BCUT2D eigenvalue weighted by Crippen LogP contribution is -1.87. The summed E-state index contributed by atoms with van der Waals surface area (Å²) in [7, 11) is 0. The molecule has 0 unspecified atom stereocenters. The summed E-state index contributed by atoms with van der Waals surface area (Å²) in [6.45, 7) is 6.34. The van der Waals surface area contributed by atoms with Crippen LogP contribution in [0.3, 0.4) is 0 Å². The van der Waals surface area contributed by atoms with Gasteiger partial charge in [0, 0.05) is 10.8 Å². The van der Waals surface area contributed by atoms with E-state index in [1.165, 1.54) is 21.6 Å². The van der Waals surface area contributed by atoms with E-state index in [1.54, 1.807) is 11.3 Å². The Morgan fingerprint density at radius 2 is 2.17 bits per heavy atom. The van der Waals surface area contributed by atoms with Gasteiger partial charge in [0.15, 0.2) is 0 Å². The standard InChI is InChI=1S/C10H13ClS/c1-7(2)9(6-11)10-8(3)4-5-12-10/h4-5H,6H2,1-3H3. The van der Waals surface area contributed by atoms with E-state index >= 15 is 0 Å². The predicted molar refractivity (Wildman–Crippen MR) is 58.0 cm³/mol. The Morgan fingerprint density at radius 3 is 2.50 bits per heavy atom. The lowest BCUT2D eigenvalue weighted by atomic mass is 10.1. The second-order valence-electron chi connectivity index (χ2n) is 3.04. The van der Waals surface area contributed by atoms with Crippen molar-refractivity contribution >= 4 is 28.5 Å². The quantitative estimate of drug-likeness (QED) is 0.631. The van der Waals surface area contributed by atoms with Crippen LogP contribution in [0.25, 0.3) is 5.57 Å². The number of rotatable bonds is 2. The highest BCUT2D eigenvalue weighted by Crippen LogP contribution is 2.28. The Balaban J connectivity index is 3.12. The number of hydrogen-bond donors (Lipinski definition) is 0. The fourth-order valence-corrected chi connectivity index (χ4v) is 2.66. The van der Waals surface area contributed by atoms with Gasteiger partial charge in [0.05, 0.1) is 0 Å². The van der Waals surface area contributed by atoms with Crippen LogP contribution >= 0.6 is 22.9 Å². The highest BCUT2D eigenvalue weighted by Gasteiger charge is 2.06. The molecule has 0 amide bonds. The molecule has 0 nitrogen and oxygen atoms in total. The molecule has 0 saturated heterocycles. The van der Waals surface area contributed by atoms with E-state index in [9.17, 15) is 0 Å². The molecule has 0 aliphatic carbocycles. The summed E-state index contributed by atoms with van der Waals surface area (Å²) >= 11 is 7.64. The maximum atomic E-state index is 5.87. The van der Waals surface area contributed by atoms with Crippen molar-refractivity contribution in [1.82, 2.24) is 0 Å². The molecule has 1 heterocycles. The van der Waals surface area contributed by atoms with E-state index in [0.717, 1.165) is 0 Å². The average molecular weight is 201 g/mol. The molecule has 0 fully saturated rings. The molecule has 0 aromatic carbocycles. The Hall–Kier alpha value is -0.270. The van der Waals surface area contributed by atoms with Gasteiger partial charge in [0.1, 0.15) is 0 Å². The molecule has 0 saturated carbocycles. The molecule has 12 heavy (non-hydrogen) atoms. The highest BCUT2D eigenvalue weighted by atomic mass is 35.5. The van der Waals surface area contributed by atoms with Crippen LogP contribution in [0.5, 0.6) is 0 Å². The van der Waals surface area contributed by atoms with E-state index in [2.05, 4.69) is 32.2 Å². The molecule has 0 aliphatic rings. The monoisotopic (exact) mass is 200 g/mol. The molecule has 1 rings (SSSR count). The van der Waals surface area contributed by atoms with E-state index in [-0.39, 0.29) is 0 Å². The van der Waals surface area contributed by atoms with Gasteiger partial charge in [-0.15, -0.1) is 22.9 Å². The Kier molecular flexibility index (Phi) is 3.36. The molecule has 66 valence electrons. The smallest absolute Gasteiger partial charge is 0.0487 e. The minimum atomic E-state index is 0.615. The van der Waals surface area contributed by atoms with Crippen molar-refractivity contribution in [2.45, 2.75) is 20.8 Å². The summed E-state index contributed by atoms with van der Waals surface area (Å²) in [6.07, 6.45) is 0. The van der Waals surface area contributed by atoms with Crippen molar-refractivity contribution in [2.24, 2.45) is 0 Å². The van der Waals surface area contributed by atoms with Gasteiger partial charge in [0.25, 0.3) is 0 Å². The summed E-state index contributed by atoms with van der Waals surface area (Å²) in [5.41, 5.74) is 3.93. The number of alkyl halides is 1. The molecule has 0 spiro atoms. The third kappa shape index (κ3) is 1.90. The number of aryl methyl sites for hydroxylation is 1. The van der Waals surface area contributed by atoms with E-state index in [4.69, 9.17) is 11.6 Å². The Morgan fingerprint density at radius 1 is 1.50 bits per heavy atom. The number of thiophene rings is 1. The van der Waals surface area contributed by atoms with Crippen molar-refractivity contribution in [1.29, 1.82) is 0 Å². The van der Waals surface area contributed by atoms with Crippen LogP contribution in [0.15, 0.2) is 17.0 Å². The first-order valence-corrected chi connectivity index (χ1v) is 5.35. The molecule has 0 aliphatic heterocycles. The fraction of sp³-hybridized carbons (Fsp3) is 0.400. The van der Waals surface area contributed by atoms with E-state index in [1.807, 2.05) is 0 Å². The van der Waals surface area contributed by atoms with Crippen LogP contribution in [-0.4, -0.2) is 5.88 Å². The molecule has 0 N–H and O–H groups in total. The normalized spacial score (nSPS) is 10.0. The zero-order valence-electron chi connectivity index (χ0n) is 7.65.